The Hall–Kier alpha value is -2.24. The van der Waals surface area contributed by atoms with Crippen LogP contribution in [-0.4, -0.2) is 25.8 Å². The second kappa shape index (κ2) is 7.85. The molecule has 0 unspecified atom stereocenters. The van der Waals surface area contributed by atoms with E-state index in [1.807, 2.05) is 0 Å². The van der Waals surface area contributed by atoms with Gasteiger partial charge in [0.15, 0.2) is 5.71 Å². The van der Waals surface area contributed by atoms with Crippen molar-refractivity contribution >= 4 is 34.8 Å². The first-order valence-corrected chi connectivity index (χ1v) is 7.38. The number of likely N-dealkylation sites (N-methyl/N-ethyl adjacent to an activating group) is 1. The fourth-order valence-electron chi connectivity index (χ4n) is 1.84. The zero-order valence-electron chi connectivity index (χ0n) is 12.5. The number of nitrogens with one attached hydrogen (secondary N) is 1. The number of oxime groups is 1. The highest BCUT2D eigenvalue weighted by atomic mass is 35.5. The third kappa shape index (κ3) is 4.15. The van der Waals surface area contributed by atoms with Gasteiger partial charge < -0.3 is 14.9 Å². The lowest BCUT2D eigenvalue weighted by Gasteiger charge is -2.12. The lowest BCUT2D eigenvalue weighted by atomic mass is 10.1. The van der Waals surface area contributed by atoms with Crippen molar-refractivity contribution in [1.29, 1.82) is 0 Å². The normalized spacial score (nSPS) is 11.0. The minimum Gasteiger partial charge on any atom is -0.457 e. The number of hydrogen-bond donors (Lipinski definition) is 1. The number of amides is 1. The fourth-order valence-corrected chi connectivity index (χ4v) is 2.13. The zero-order chi connectivity index (χ0) is 16.8. The Balaban J connectivity index is 2.42. The van der Waals surface area contributed by atoms with Gasteiger partial charge in [-0.3, -0.25) is 4.79 Å². The first-order valence-electron chi connectivity index (χ1n) is 6.62. The molecule has 0 aromatic heterocycles. The number of halogens is 2. The standard InChI is InChI=1S/C16H14Cl2N2O3/c1-19-16(21)15(20-22-2)11-5-3-4-6-14(11)23-10-7-8-12(17)13(18)9-10/h3-9H,1-2H3,(H,19,21)/b20-15-. The van der Waals surface area contributed by atoms with Gasteiger partial charge in [0.1, 0.15) is 18.6 Å². The van der Waals surface area contributed by atoms with E-state index in [2.05, 4.69) is 10.5 Å². The molecule has 0 heterocycles. The highest BCUT2D eigenvalue weighted by molar-refractivity contribution is 6.45. The van der Waals surface area contributed by atoms with Crippen LogP contribution in [-0.2, 0) is 9.63 Å². The molecule has 0 bridgehead atoms. The van der Waals surface area contributed by atoms with Gasteiger partial charge in [-0.25, -0.2) is 0 Å². The van der Waals surface area contributed by atoms with Gasteiger partial charge in [0.2, 0.25) is 0 Å². The lowest BCUT2D eigenvalue weighted by Crippen LogP contribution is -2.28. The average Bonchev–Trinajstić information content (AvgIpc) is 2.56. The molecule has 2 aromatic rings. The molecule has 5 nitrogen and oxygen atoms in total. The van der Waals surface area contributed by atoms with E-state index in [9.17, 15) is 4.79 Å². The van der Waals surface area contributed by atoms with E-state index in [1.165, 1.54) is 14.2 Å². The van der Waals surface area contributed by atoms with Crippen LogP contribution in [0.5, 0.6) is 11.5 Å². The van der Waals surface area contributed by atoms with Crippen LogP contribution in [0.4, 0.5) is 0 Å². The van der Waals surface area contributed by atoms with Crippen molar-refractivity contribution < 1.29 is 14.4 Å². The fraction of sp³-hybridized carbons (Fsp3) is 0.125. The smallest absolute Gasteiger partial charge is 0.273 e. The molecular weight excluding hydrogens is 339 g/mol. The predicted octanol–water partition coefficient (Wildman–Crippen LogP) is 3.88. The number of ether oxygens (including phenoxy) is 1. The minimum atomic E-state index is -0.392. The minimum absolute atomic E-state index is 0.102. The number of carbonyl (C=O) groups excluding carboxylic acids is 1. The number of rotatable bonds is 5. The molecule has 0 saturated heterocycles. The summed E-state index contributed by atoms with van der Waals surface area (Å²) in [6, 6.07) is 11.9. The Bertz CT molecular complexity index is 748. The van der Waals surface area contributed by atoms with E-state index < -0.39 is 5.91 Å². The summed E-state index contributed by atoms with van der Waals surface area (Å²) in [6.07, 6.45) is 0. The zero-order valence-corrected chi connectivity index (χ0v) is 14.0. The van der Waals surface area contributed by atoms with E-state index >= 15 is 0 Å². The largest absolute Gasteiger partial charge is 0.457 e. The summed E-state index contributed by atoms with van der Waals surface area (Å²) < 4.78 is 5.81. The number of para-hydroxylation sites is 1. The van der Waals surface area contributed by atoms with Gasteiger partial charge in [0, 0.05) is 13.1 Å². The molecule has 0 fully saturated rings. The van der Waals surface area contributed by atoms with E-state index in [-0.39, 0.29) is 5.71 Å². The summed E-state index contributed by atoms with van der Waals surface area (Å²) in [7, 11) is 2.88. The Morgan fingerprint density at radius 1 is 1.13 bits per heavy atom. The van der Waals surface area contributed by atoms with E-state index in [4.69, 9.17) is 32.8 Å². The summed E-state index contributed by atoms with van der Waals surface area (Å²) in [5.74, 6) is 0.530. The number of carbonyl (C=O) groups is 1. The number of nitrogens with zero attached hydrogens (tertiary/aromatic N) is 1. The van der Waals surface area contributed by atoms with Crippen molar-refractivity contribution in [3.8, 4) is 11.5 Å². The maximum Gasteiger partial charge on any atom is 0.273 e. The summed E-state index contributed by atoms with van der Waals surface area (Å²) >= 11 is 11.9. The predicted molar refractivity (Wildman–Crippen MR) is 90.6 cm³/mol. The van der Waals surface area contributed by atoms with Crippen LogP contribution in [0.1, 0.15) is 5.56 Å². The topological polar surface area (TPSA) is 59.9 Å². The average molecular weight is 353 g/mol. The van der Waals surface area contributed by atoms with Gasteiger partial charge in [0.05, 0.1) is 15.6 Å². The Kier molecular flexibility index (Phi) is 5.84. The third-order valence-electron chi connectivity index (χ3n) is 2.89. The van der Waals surface area contributed by atoms with Crippen LogP contribution in [0.3, 0.4) is 0 Å². The number of hydrogen-bond acceptors (Lipinski definition) is 4. The van der Waals surface area contributed by atoms with E-state index in [0.29, 0.717) is 27.1 Å². The molecule has 7 heteroatoms. The van der Waals surface area contributed by atoms with Gasteiger partial charge >= 0.3 is 0 Å². The SMILES string of the molecule is CNC(=O)/C(=N\OC)c1ccccc1Oc1ccc(Cl)c(Cl)c1. The highest BCUT2D eigenvalue weighted by Gasteiger charge is 2.18. The quantitative estimate of drug-likeness (QED) is 0.656. The van der Waals surface area contributed by atoms with Crippen LogP contribution in [0, 0.1) is 0 Å². The summed E-state index contributed by atoms with van der Waals surface area (Å²) in [6.45, 7) is 0. The third-order valence-corrected chi connectivity index (χ3v) is 3.62. The van der Waals surface area contributed by atoms with E-state index in [1.54, 1.807) is 42.5 Å². The van der Waals surface area contributed by atoms with Crippen molar-refractivity contribution in [2.45, 2.75) is 0 Å². The Labute approximate surface area is 143 Å². The van der Waals surface area contributed by atoms with Gasteiger partial charge in [-0.15, -0.1) is 0 Å². The van der Waals surface area contributed by atoms with Gasteiger partial charge in [0.25, 0.3) is 5.91 Å². The van der Waals surface area contributed by atoms with Crippen molar-refractivity contribution in [1.82, 2.24) is 5.32 Å². The highest BCUT2D eigenvalue weighted by Crippen LogP contribution is 2.31. The van der Waals surface area contributed by atoms with E-state index in [0.717, 1.165) is 0 Å². The van der Waals surface area contributed by atoms with Crippen molar-refractivity contribution in [3.05, 3.63) is 58.1 Å². The second-order valence-electron chi connectivity index (χ2n) is 4.38. The van der Waals surface area contributed by atoms with Crippen LogP contribution in [0.2, 0.25) is 10.0 Å². The lowest BCUT2D eigenvalue weighted by molar-refractivity contribution is -0.114. The molecule has 0 aliphatic rings. The summed E-state index contributed by atoms with van der Waals surface area (Å²) in [5.41, 5.74) is 0.588. The van der Waals surface area contributed by atoms with Crippen molar-refractivity contribution in [2.24, 2.45) is 5.16 Å². The molecule has 2 rings (SSSR count). The molecule has 2 aromatic carbocycles. The molecule has 0 saturated carbocycles. The monoisotopic (exact) mass is 352 g/mol. The maximum atomic E-state index is 12.0. The molecule has 1 N–H and O–H groups in total. The molecule has 0 atom stereocenters. The van der Waals surface area contributed by atoms with Crippen LogP contribution in [0.25, 0.3) is 0 Å². The van der Waals surface area contributed by atoms with Crippen molar-refractivity contribution in [3.63, 3.8) is 0 Å². The molecule has 1 amide bonds. The molecule has 120 valence electrons. The molecule has 0 aliphatic heterocycles. The maximum absolute atomic E-state index is 12.0. The van der Waals surface area contributed by atoms with Gasteiger partial charge in [-0.05, 0) is 24.3 Å². The number of benzene rings is 2. The Morgan fingerprint density at radius 2 is 1.87 bits per heavy atom. The Morgan fingerprint density at radius 3 is 2.52 bits per heavy atom. The van der Waals surface area contributed by atoms with Crippen LogP contribution < -0.4 is 10.1 Å². The first-order chi connectivity index (χ1) is 11.1. The molecule has 0 aliphatic carbocycles. The first kappa shape index (κ1) is 17.1. The van der Waals surface area contributed by atoms with Crippen LogP contribution >= 0.6 is 23.2 Å². The van der Waals surface area contributed by atoms with Crippen LogP contribution in [0.15, 0.2) is 47.6 Å². The van der Waals surface area contributed by atoms with Gasteiger partial charge in [-0.1, -0.05) is 40.5 Å². The summed E-state index contributed by atoms with van der Waals surface area (Å²) in [5, 5.41) is 7.09. The molecule has 23 heavy (non-hydrogen) atoms. The molecule has 0 radical (unpaired) electrons. The molecular formula is C16H14Cl2N2O3. The summed E-state index contributed by atoms with van der Waals surface area (Å²) in [4.78, 5) is 16.7. The van der Waals surface area contributed by atoms with Crippen molar-refractivity contribution in [2.75, 3.05) is 14.2 Å². The molecule has 0 spiro atoms. The van der Waals surface area contributed by atoms with Gasteiger partial charge in [-0.2, -0.15) is 0 Å². The second-order valence-corrected chi connectivity index (χ2v) is 5.19.